The second kappa shape index (κ2) is 4.73. The minimum Gasteiger partial charge on any atom is -0.508 e. The van der Waals surface area contributed by atoms with Gasteiger partial charge in [-0.3, -0.25) is 9.59 Å². The normalized spacial score (nSPS) is 24.3. The number of rotatable bonds is 3. The van der Waals surface area contributed by atoms with E-state index in [1.54, 1.807) is 45.0 Å². The van der Waals surface area contributed by atoms with E-state index in [4.69, 9.17) is 9.47 Å². The molecule has 1 saturated carbocycles. The Morgan fingerprint density at radius 2 is 1.55 bits per heavy atom. The van der Waals surface area contributed by atoms with Gasteiger partial charge in [0.15, 0.2) is 5.41 Å². The number of phenols is 1. The largest absolute Gasteiger partial charge is 0.508 e. The molecule has 1 heterocycles. The van der Waals surface area contributed by atoms with Crippen molar-refractivity contribution >= 4 is 11.9 Å². The average molecular weight is 304 g/mol. The minimum absolute atomic E-state index is 0.151. The average Bonchev–Trinajstić information content (AvgIpc) is 3.23. The Morgan fingerprint density at radius 3 is 2.00 bits per heavy atom. The van der Waals surface area contributed by atoms with Crippen molar-refractivity contribution in [3.63, 3.8) is 0 Å². The number of cyclic esters (lactones) is 2. The molecule has 22 heavy (non-hydrogen) atoms. The van der Waals surface area contributed by atoms with Crippen LogP contribution in [0.25, 0.3) is 0 Å². The van der Waals surface area contributed by atoms with Gasteiger partial charge in [0.05, 0.1) is 0 Å². The van der Waals surface area contributed by atoms with Crippen LogP contribution in [0.15, 0.2) is 24.3 Å². The quantitative estimate of drug-likeness (QED) is 0.686. The Balaban J connectivity index is 2.02. The first-order valence-electron chi connectivity index (χ1n) is 7.50. The number of phenolic OH excluding ortho intramolecular Hbond substituents is 1. The number of carbonyl (C=O) groups is 2. The molecule has 2 fully saturated rings. The molecule has 0 radical (unpaired) electrons. The Morgan fingerprint density at radius 1 is 1.05 bits per heavy atom. The molecule has 1 aromatic rings. The molecule has 5 nitrogen and oxygen atoms in total. The molecule has 0 amide bonds. The van der Waals surface area contributed by atoms with E-state index in [9.17, 15) is 14.7 Å². The third kappa shape index (κ3) is 2.34. The molecule has 1 saturated heterocycles. The number of hydrogen-bond acceptors (Lipinski definition) is 5. The van der Waals surface area contributed by atoms with E-state index in [1.165, 1.54) is 0 Å². The van der Waals surface area contributed by atoms with Crippen LogP contribution in [-0.4, -0.2) is 22.8 Å². The van der Waals surface area contributed by atoms with Gasteiger partial charge in [-0.2, -0.15) is 0 Å². The molecule has 5 heteroatoms. The van der Waals surface area contributed by atoms with Crippen LogP contribution >= 0.6 is 0 Å². The van der Waals surface area contributed by atoms with E-state index in [0.29, 0.717) is 0 Å². The maximum atomic E-state index is 12.6. The summed E-state index contributed by atoms with van der Waals surface area (Å²) < 4.78 is 10.7. The summed E-state index contributed by atoms with van der Waals surface area (Å²) >= 11 is 0. The molecule has 0 bridgehead atoms. The fourth-order valence-corrected chi connectivity index (χ4v) is 3.20. The van der Waals surface area contributed by atoms with Crippen molar-refractivity contribution in [1.29, 1.82) is 0 Å². The van der Waals surface area contributed by atoms with Gasteiger partial charge in [-0.05, 0) is 43.4 Å². The summed E-state index contributed by atoms with van der Waals surface area (Å²) in [6.45, 7) is 4.70. The summed E-state index contributed by atoms with van der Waals surface area (Å²) in [5, 5.41) is 9.46. The van der Waals surface area contributed by atoms with Crippen LogP contribution in [0.4, 0.5) is 0 Å². The maximum absolute atomic E-state index is 12.6. The molecule has 0 spiro atoms. The summed E-state index contributed by atoms with van der Waals surface area (Å²) in [6, 6.07) is 6.64. The zero-order chi connectivity index (χ0) is 16.1. The molecular weight excluding hydrogens is 284 g/mol. The first kappa shape index (κ1) is 14.9. The Bertz CT molecular complexity index is 592. The summed E-state index contributed by atoms with van der Waals surface area (Å²) in [6.07, 6.45) is 1.93. The van der Waals surface area contributed by atoms with E-state index in [2.05, 4.69) is 0 Å². The van der Waals surface area contributed by atoms with Crippen LogP contribution in [0.1, 0.15) is 45.1 Å². The van der Waals surface area contributed by atoms with Crippen LogP contribution in [0.2, 0.25) is 0 Å². The van der Waals surface area contributed by atoms with Gasteiger partial charge < -0.3 is 14.6 Å². The lowest BCUT2D eigenvalue weighted by Crippen LogP contribution is -2.55. The molecule has 0 aromatic heterocycles. The van der Waals surface area contributed by atoms with E-state index in [1.807, 2.05) is 0 Å². The number of hydrogen-bond donors (Lipinski definition) is 1. The van der Waals surface area contributed by atoms with Crippen LogP contribution in [0, 0.1) is 11.3 Å². The van der Waals surface area contributed by atoms with Gasteiger partial charge in [-0.15, -0.1) is 0 Å². The summed E-state index contributed by atoms with van der Waals surface area (Å²) in [4.78, 5) is 25.2. The minimum atomic E-state index is -1.35. The van der Waals surface area contributed by atoms with Crippen LogP contribution in [0.3, 0.4) is 0 Å². The van der Waals surface area contributed by atoms with Gasteiger partial charge in [0.2, 0.25) is 0 Å². The zero-order valence-electron chi connectivity index (χ0n) is 13.0. The lowest BCUT2D eigenvalue weighted by atomic mass is 9.70. The number of ether oxygens (including phenoxy) is 2. The monoisotopic (exact) mass is 304 g/mol. The third-order valence-corrected chi connectivity index (χ3v) is 4.49. The van der Waals surface area contributed by atoms with Gasteiger partial charge in [0, 0.05) is 19.8 Å². The smallest absolute Gasteiger partial charge is 0.327 e. The lowest BCUT2D eigenvalue weighted by Gasteiger charge is -2.42. The van der Waals surface area contributed by atoms with Gasteiger partial charge >= 0.3 is 11.9 Å². The number of aromatic hydroxyl groups is 1. The van der Waals surface area contributed by atoms with E-state index < -0.39 is 23.1 Å². The van der Waals surface area contributed by atoms with Gasteiger partial charge in [-0.1, -0.05) is 12.1 Å². The molecule has 1 N–H and O–H groups in total. The fraction of sp³-hybridized carbons (Fsp3) is 0.529. The first-order valence-corrected chi connectivity index (χ1v) is 7.50. The summed E-state index contributed by atoms with van der Waals surface area (Å²) in [5.74, 6) is -2.22. The van der Waals surface area contributed by atoms with Crippen molar-refractivity contribution < 1.29 is 24.2 Å². The van der Waals surface area contributed by atoms with E-state index in [0.717, 1.165) is 18.4 Å². The lowest BCUT2D eigenvalue weighted by molar-refractivity contribution is -0.252. The highest BCUT2D eigenvalue weighted by atomic mass is 16.7. The van der Waals surface area contributed by atoms with Crippen LogP contribution < -0.4 is 0 Å². The SMILES string of the molecule is CC1(C)OC(=O)C(C)([C@H](c2ccc(O)cc2)C2CC2)C(=O)O1. The predicted octanol–water partition coefficient (Wildman–Crippen LogP) is 2.73. The van der Waals surface area contributed by atoms with Crippen molar-refractivity contribution in [2.24, 2.45) is 11.3 Å². The molecule has 1 aliphatic heterocycles. The fourth-order valence-electron chi connectivity index (χ4n) is 3.20. The topological polar surface area (TPSA) is 72.8 Å². The van der Waals surface area contributed by atoms with Crippen molar-refractivity contribution in [2.45, 2.75) is 45.3 Å². The van der Waals surface area contributed by atoms with E-state index in [-0.39, 0.29) is 17.6 Å². The van der Waals surface area contributed by atoms with Crippen molar-refractivity contribution in [2.75, 3.05) is 0 Å². The highest BCUT2D eigenvalue weighted by molar-refractivity contribution is 6.02. The van der Waals surface area contributed by atoms with Crippen LogP contribution in [-0.2, 0) is 19.1 Å². The molecule has 0 unspecified atom stereocenters. The van der Waals surface area contributed by atoms with Gasteiger partial charge in [-0.25, -0.2) is 0 Å². The van der Waals surface area contributed by atoms with Crippen molar-refractivity contribution in [1.82, 2.24) is 0 Å². The molecule has 2 aliphatic rings. The summed E-state index contributed by atoms with van der Waals surface area (Å²) in [5.41, 5.74) is -0.510. The molecule has 1 atom stereocenters. The Hall–Kier alpha value is -2.04. The first-order chi connectivity index (χ1) is 10.2. The number of esters is 2. The van der Waals surface area contributed by atoms with Gasteiger partial charge in [0.1, 0.15) is 5.75 Å². The molecule has 3 rings (SSSR count). The maximum Gasteiger partial charge on any atom is 0.327 e. The summed E-state index contributed by atoms with van der Waals surface area (Å²) in [7, 11) is 0. The van der Waals surface area contributed by atoms with Gasteiger partial charge in [0.25, 0.3) is 5.79 Å². The molecule has 1 aromatic carbocycles. The van der Waals surface area contributed by atoms with E-state index >= 15 is 0 Å². The second-order valence-electron chi connectivity index (χ2n) is 6.79. The number of benzene rings is 1. The zero-order valence-corrected chi connectivity index (χ0v) is 13.0. The van der Waals surface area contributed by atoms with Crippen molar-refractivity contribution in [3.8, 4) is 5.75 Å². The number of carbonyl (C=O) groups excluding carboxylic acids is 2. The highest BCUT2D eigenvalue weighted by Crippen LogP contribution is 2.54. The molecule has 1 aliphatic carbocycles. The third-order valence-electron chi connectivity index (χ3n) is 4.49. The molecular formula is C17H20O5. The second-order valence-corrected chi connectivity index (χ2v) is 6.79. The molecule has 118 valence electrons. The Labute approximate surface area is 129 Å². The standard InChI is InChI=1S/C17H20O5/c1-16(2)21-14(19)17(3,15(20)22-16)13(10-4-5-10)11-6-8-12(18)9-7-11/h6-10,13,18H,4-5H2,1-3H3/t13-/m0/s1. The Kier molecular flexibility index (Phi) is 3.20. The van der Waals surface area contributed by atoms with Crippen molar-refractivity contribution in [3.05, 3.63) is 29.8 Å². The van der Waals surface area contributed by atoms with Crippen LogP contribution in [0.5, 0.6) is 5.75 Å². The predicted molar refractivity (Wildman–Crippen MR) is 77.9 cm³/mol. The highest BCUT2D eigenvalue weighted by Gasteiger charge is 2.60.